The fourth-order valence-electron chi connectivity index (χ4n) is 1.50. The third-order valence-electron chi connectivity index (χ3n) is 2.54. The van der Waals surface area contributed by atoms with Crippen LogP contribution in [0.5, 0.6) is 0 Å². The Morgan fingerprint density at radius 2 is 1.69 bits per heavy atom. The van der Waals surface area contributed by atoms with Gasteiger partial charge in [-0.2, -0.15) is 0 Å². The van der Waals surface area contributed by atoms with Gasteiger partial charge in [-0.05, 0) is 49.4 Å². The topological polar surface area (TPSA) is 17.1 Å². The van der Waals surface area contributed by atoms with Crippen LogP contribution < -0.4 is 0 Å². The summed E-state index contributed by atoms with van der Waals surface area (Å²) in [6.07, 6.45) is 2.47. The van der Waals surface area contributed by atoms with E-state index in [1.54, 1.807) is 0 Å². The molecule has 0 saturated carbocycles. The van der Waals surface area contributed by atoms with Gasteiger partial charge in [-0.3, -0.25) is 0 Å². The molecule has 0 bridgehead atoms. The van der Waals surface area contributed by atoms with Gasteiger partial charge in [-0.1, -0.05) is 12.1 Å². The highest BCUT2D eigenvalue weighted by molar-refractivity contribution is 5.50. The van der Waals surface area contributed by atoms with E-state index in [-0.39, 0.29) is 0 Å². The number of hydrogen-bond acceptors (Lipinski definition) is 1. The molecule has 0 unspecified atom stereocenters. The number of hydrogen-bond donors (Lipinski definition) is 0. The highest BCUT2D eigenvalue weighted by Crippen LogP contribution is 2.16. The van der Waals surface area contributed by atoms with E-state index in [1.165, 1.54) is 22.3 Å². The van der Waals surface area contributed by atoms with Gasteiger partial charge in [-0.15, -0.1) is 0 Å². The van der Waals surface area contributed by atoms with Crippen LogP contribution in [0.3, 0.4) is 0 Å². The quantitative estimate of drug-likeness (QED) is 0.647. The summed E-state index contributed by atoms with van der Waals surface area (Å²) in [5.74, 6) is 0. The van der Waals surface area contributed by atoms with Gasteiger partial charge < -0.3 is 4.79 Å². The molecule has 0 aliphatic rings. The molecule has 0 atom stereocenters. The van der Waals surface area contributed by atoms with Crippen LogP contribution in [0.1, 0.15) is 28.7 Å². The zero-order chi connectivity index (χ0) is 9.84. The van der Waals surface area contributed by atoms with Gasteiger partial charge in [-0.25, -0.2) is 0 Å². The second-order valence-corrected chi connectivity index (χ2v) is 3.56. The van der Waals surface area contributed by atoms with Gasteiger partial charge in [0.25, 0.3) is 0 Å². The van der Waals surface area contributed by atoms with Gasteiger partial charge in [0.15, 0.2) is 0 Å². The molecule has 0 N–H and O–H groups in total. The Kier molecular flexibility index (Phi) is 3.24. The smallest absolute Gasteiger partial charge is 0.120 e. The first-order valence-corrected chi connectivity index (χ1v) is 4.65. The van der Waals surface area contributed by atoms with E-state index in [1.807, 2.05) is 0 Å². The largest absolute Gasteiger partial charge is 0.303 e. The molecule has 0 aliphatic heterocycles. The molecule has 0 heterocycles. The summed E-state index contributed by atoms with van der Waals surface area (Å²) in [4.78, 5) is 10.2. The minimum absolute atomic E-state index is 0.627. The average molecular weight is 176 g/mol. The summed E-state index contributed by atoms with van der Waals surface area (Å²) >= 11 is 0. The lowest BCUT2D eigenvalue weighted by Crippen LogP contribution is -1.92. The predicted octanol–water partition coefficient (Wildman–Crippen LogP) is 2.74. The maximum Gasteiger partial charge on any atom is 0.120 e. The first-order chi connectivity index (χ1) is 6.15. The second kappa shape index (κ2) is 4.22. The van der Waals surface area contributed by atoms with Crippen LogP contribution >= 0.6 is 0 Å². The fraction of sp³-hybridized carbons (Fsp3) is 0.417. The van der Waals surface area contributed by atoms with Crippen LogP contribution in [0.4, 0.5) is 0 Å². The molecule has 0 amide bonds. The van der Waals surface area contributed by atoms with E-state index >= 15 is 0 Å². The van der Waals surface area contributed by atoms with Crippen molar-refractivity contribution >= 4 is 6.29 Å². The van der Waals surface area contributed by atoms with Crippen molar-refractivity contribution in [1.29, 1.82) is 0 Å². The molecular weight excluding hydrogens is 160 g/mol. The van der Waals surface area contributed by atoms with Gasteiger partial charge in [0.2, 0.25) is 0 Å². The molecule has 0 saturated heterocycles. The SMILES string of the molecule is Cc1cc(CCC=O)cc(C)c1C. The fourth-order valence-corrected chi connectivity index (χ4v) is 1.50. The zero-order valence-electron chi connectivity index (χ0n) is 8.55. The van der Waals surface area contributed by atoms with E-state index in [0.29, 0.717) is 6.42 Å². The third-order valence-corrected chi connectivity index (χ3v) is 2.54. The van der Waals surface area contributed by atoms with Crippen molar-refractivity contribution in [3.63, 3.8) is 0 Å². The van der Waals surface area contributed by atoms with Crippen molar-refractivity contribution in [1.82, 2.24) is 0 Å². The molecule has 0 aliphatic carbocycles. The van der Waals surface area contributed by atoms with Crippen LogP contribution in [-0.4, -0.2) is 6.29 Å². The van der Waals surface area contributed by atoms with Crippen LogP contribution in [0.25, 0.3) is 0 Å². The molecule has 13 heavy (non-hydrogen) atoms. The number of carbonyl (C=O) groups is 1. The van der Waals surface area contributed by atoms with Crippen molar-refractivity contribution < 1.29 is 4.79 Å². The molecule has 1 nitrogen and oxygen atoms in total. The Hall–Kier alpha value is -1.11. The average Bonchev–Trinajstić information content (AvgIpc) is 2.10. The van der Waals surface area contributed by atoms with Crippen molar-refractivity contribution in [2.75, 3.05) is 0 Å². The molecule has 1 aromatic rings. The van der Waals surface area contributed by atoms with Crippen molar-refractivity contribution in [2.24, 2.45) is 0 Å². The predicted molar refractivity (Wildman–Crippen MR) is 55.0 cm³/mol. The highest BCUT2D eigenvalue weighted by atomic mass is 16.1. The molecule has 0 radical (unpaired) electrons. The highest BCUT2D eigenvalue weighted by Gasteiger charge is 2.00. The summed E-state index contributed by atoms with van der Waals surface area (Å²) in [5, 5.41) is 0. The summed E-state index contributed by atoms with van der Waals surface area (Å²) in [6.45, 7) is 6.37. The van der Waals surface area contributed by atoms with Crippen molar-refractivity contribution in [3.8, 4) is 0 Å². The lowest BCUT2D eigenvalue weighted by atomic mass is 9.98. The summed E-state index contributed by atoms with van der Waals surface area (Å²) in [7, 11) is 0. The molecule has 70 valence electrons. The molecule has 0 fully saturated rings. The maximum atomic E-state index is 10.2. The van der Waals surface area contributed by atoms with Crippen molar-refractivity contribution in [3.05, 3.63) is 34.4 Å². The minimum Gasteiger partial charge on any atom is -0.303 e. The first kappa shape index (κ1) is 9.97. The zero-order valence-corrected chi connectivity index (χ0v) is 8.55. The maximum absolute atomic E-state index is 10.2. The second-order valence-electron chi connectivity index (χ2n) is 3.56. The van der Waals surface area contributed by atoms with Gasteiger partial charge >= 0.3 is 0 Å². The van der Waals surface area contributed by atoms with E-state index in [9.17, 15) is 4.79 Å². The van der Waals surface area contributed by atoms with Gasteiger partial charge in [0.1, 0.15) is 6.29 Å². The number of aryl methyl sites for hydroxylation is 3. The molecule has 0 spiro atoms. The van der Waals surface area contributed by atoms with E-state index in [0.717, 1.165) is 12.7 Å². The van der Waals surface area contributed by atoms with Crippen molar-refractivity contribution in [2.45, 2.75) is 33.6 Å². The normalized spacial score (nSPS) is 10.1. The first-order valence-electron chi connectivity index (χ1n) is 4.65. The van der Waals surface area contributed by atoms with Crippen LogP contribution in [0.2, 0.25) is 0 Å². The number of carbonyl (C=O) groups excluding carboxylic acids is 1. The number of benzene rings is 1. The van der Waals surface area contributed by atoms with E-state index < -0.39 is 0 Å². The lowest BCUT2D eigenvalue weighted by molar-refractivity contribution is -0.107. The Balaban J connectivity index is 2.92. The number of aldehydes is 1. The standard InChI is InChI=1S/C12H16O/c1-9-7-12(5-4-6-13)8-10(2)11(9)3/h6-8H,4-5H2,1-3H3. The molecule has 1 rings (SSSR count). The van der Waals surface area contributed by atoms with E-state index in [2.05, 4.69) is 32.9 Å². The van der Waals surface area contributed by atoms with Crippen LogP contribution in [-0.2, 0) is 11.2 Å². The minimum atomic E-state index is 0.627. The van der Waals surface area contributed by atoms with Crippen LogP contribution in [0.15, 0.2) is 12.1 Å². The molecule has 0 aromatic heterocycles. The van der Waals surface area contributed by atoms with Gasteiger partial charge in [0.05, 0.1) is 0 Å². The van der Waals surface area contributed by atoms with E-state index in [4.69, 9.17) is 0 Å². The van der Waals surface area contributed by atoms with Gasteiger partial charge in [0, 0.05) is 6.42 Å². The third kappa shape index (κ3) is 2.41. The number of rotatable bonds is 3. The summed E-state index contributed by atoms with van der Waals surface area (Å²) < 4.78 is 0. The molecule has 1 heteroatoms. The Labute approximate surface area is 79.8 Å². The Morgan fingerprint density at radius 1 is 1.15 bits per heavy atom. The summed E-state index contributed by atoms with van der Waals surface area (Å²) in [6, 6.07) is 4.34. The van der Waals surface area contributed by atoms with Crippen LogP contribution in [0, 0.1) is 20.8 Å². The Morgan fingerprint density at radius 3 is 2.15 bits per heavy atom. The summed E-state index contributed by atoms with van der Waals surface area (Å²) in [5.41, 5.74) is 5.27. The lowest BCUT2D eigenvalue weighted by Gasteiger charge is -2.07. The monoisotopic (exact) mass is 176 g/mol. The molecular formula is C12H16O. The molecule has 1 aromatic carbocycles. The Bertz CT molecular complexity index is 290.